The molecule has 138 valence electrons. The quantitative estimate of drug-likeness (QED) is 0.886. The Labute approximate surface area is 149 Å². The fourth-order valence-corrected chi connectivity index (χ4v) is 3.49. The molecule has 0 unspecified atom stereocenters. The van der Waals surface area contributed by atoms with Crippen molar-refractivity contribution in [1.82, 2.24) is 10.2 Å². The van der Waals surface area contributed by atoms with Crippen LogP contribution < -0.4 is 14.8 Å². The number of fused-ring (bicyclic) bond motifs is 1. The van der Waals surface area contributed by atoms with Crippen LogP contribution in [0.1, 0.15) is 25.3 Å². The number of piperidine rings is 1. The molecule has 1 amide bonds. The molecule has 3 rings (SSSR count). The van der Waals surface area contributed by atoms with Gasteiger partial charge in [0.15, 0.2) is 0 Å². The Morgan fingerprint density at radius 2 is 2.16 bits per heavy atom. The van der Waals surface area contributed by atoms with E-state index in [1.54, 1.807) is 12.0 Å². The SMILES string of the molecule is CCOC(=O)N1CCC(NC[C@H]2COc3cc(OC)ccc3C2)CC1. The highest BCUT2D eigenvalue weighted by molar-refractivity contribution is 5.67. The van der Waals surface area contributed by atoms with Gasteiger partial charge in [-0.05, 0) is 37.8 Å². The summed E-state index contributed by atoms with van der Waals surface area (Å²) in [5.74, 6) is 2.26. The minimum Gasteiger partial charge on any atom is -0.497 e. The van der Waals surface area contributed by atoms with Gasteiger partial charge >= 0.3 is 6.09 Å². The van der Waals surface area contributed by atoms with Crippen LogP contribution in [0.4, 0.5) is 4.79 Å². The van der Waals surface area contributed by atoms with Crippen molar-refractivity contribution >= 4 is 6.09 Å². The number of hydrogen-bond donors (Lipinski definition) is 1. The number of nitrogens with zero attached hydrogens (tertiary/aromatic N) is 1. The molecule has 1 fully saturated rings. The third-order valence-corrected chi connectivity index (χ3v) is 4.97. The maximum absolute atomic E-state index is 11.7. The zero-order valence-electron chi connectivity index (χ0n) is 15.1. The molecule has 25 heavy (non-hydrogen) atoms. The van der Waals surface area contributed by atoms with Crippen molar-refractivity contribution in [3.8, 4) is 11.5 Å². The number of rotatable bonds is 5. The third kappa shape index (κ3) is 4.57. The number of ether oxygens (including phenoxy) is 3. The summed E-state index contributed by atoms with van der Waals surface area (Å²) in [6.07, 6.45) is 2.78. The Kier molecular flexibility index (Phi) is 6.02. The lowest BCUT2D eigenvalue weighted by Crippen LogP contribution is -2.46. The summed E-state index contributed by atoms with van der Waals surface area (Å²) in [6.45, 7) is 5.48. The average molecular weight is 348 g/mol. The normalized spacial score (nSPS) is 20.6. The van der Waals surface area contributed by atoms with Gasteiger partial charge < -0.3 is 24.4 Å². The number of hydrogen-bond acceptors (Lipinski definition) is 5. The number of carbonyl (C=O) groups excluding carboxylic acids is 1. The zero-order valence-corrected chi connectivity index (χ0v) is 15.1. The highest BCUT2D eigenvalue weighted by Gasteiger charge is 2.25. The van der Waals surface area contributed by atoms with Crippen LogP contribution in [0.15, 0.2) is 18.2 Å². The van der Waals surface area contributed by atoms with Gasteiger partial charge in [0.2, 0.25) is 0 Å². The third-order valence-electron chi connectivity index (χ3n) is 4.97. The molecule has 1 aromatic rings. The van der Waals surface area contributed by atoms with Crippen LogP contribution in [-0.2, 0) is 11.2 Å². The second-order valence-electron chi connectivity index (χ2n) is 6.72. The first-order chi connectivity index (χ1) is 12.2. The molecule has 6 heteroatoms. The van der Waals surface area contributed by atoms with Crippen molar-refractivity contribution in [3.63, 3.8) is 0 Å². The monoisotopic (exact) mass is 348 g/mol. The number of likely N-dealkylation sites (tertiary alicyclic amines) is 1. The summed E-state index contributed by atoms with van der Waals surface area (Å²) in [5.41, 5.74) is 1.25. The summed E-state index contributed by atoms with van der Waals surface area (Å²) in [6, 6.07) is 6.51. The Bertz CT molecular complexity index is 585. The van der Waals surface area contributed by atoms with E-state index in [4.69, 9.17) is 14.2 Å². The van der Waals surface area contributed by atoms with Gasteiger partial charge in [0, 0.05) is 37.7 Å². The first-order valence-corrected chi connectivity index (χ1v) is 9.14. The van der Waals surface area contributed by atoms with Gasteiger partial charge in [-0.25, -0.2) is 4.79 Å². The van der Waals surface area contributed by atoms with Gasteiger partial charge in [0.25, 0.3) is 0 Å². The van der Waals surface area contributed by atoms with Crippen molar-refractivity contribution in [3.05, 3.63) is 23.8 Å². The fourth-order valence-electron chi connectivity index (χ4n) is 3.49. The Morgan fingerprint density at radius 3 is 2.88 bits per heavy atom. The molecule has 0 bridgehead atoms. The van der Waals surface area contributed by atoms with Gasteiger partial charge in [-0.3, -0.25) is 0 Å². The second-order valence-corrected chi connectivity index (χ2v) is 6.72. The lowest BCUT2D eigenvalue weighted by molar-refractivity contribution is 0.0943. The molecular formula is C19H28N2O4. The van der Waals surface area contributed by atoms with Crippen LogP contribution in [-0.4, -0.2) is 57.0 Å². The molecule has 2 aliphatic rings. The minimum atomic E-state index is -0.186. The van der Waals surface area contributed by atoms with Crippen LogP contribution in [0.3, 0.4) is 0 Å². The maximum atomic E-state index is 11.7. The Hall–Kier alpha value is -1.95. The molecule has 0 aromatic heterocycles. The lowest BCUT2D eigenvalue weighted by atomic mass is 9.95. The highest BCUT2D eigenvalue weighted by Crippen LogP contribution is 2.30. The van der Waals surface area contributed by atoms with E-state index in [1.807, 2.05) is 19.1 Å². The van der Waals surface area contributed by atoms with Gasteiger partial charge in [0.05, 0.1) is 20.3 Å². The van der Waals surface area contributed by atoms with Crippen molar-refractivity contribution in [2.45, 2.75) is 32.2 Å². The molecule has 0 spiro atoms. The fraction of sp³-hybridized carbons (Fsp3) is 0.632. The van der Waals surface area contributed by atoms with E-state index in [9.17, 15) is 4.79 Å². The molecule has 2 aliphatic heterocycles. The van der Waals surface area contributed by atoms with Gasteiger partial charge in [-0.1, -0.05) is 6.07 Å². The van der Waals surface area contributed by atoms with Crippen molar-refractivity contribution in [1.29, 1.82) is 0 Å². The first kappa shape index (κ1) is 17.9. The predicted octanol–water partition coefficient (Wildman–Crippen LogP) is 2.46. The Balaban J connectivity index is 1.42. The number of benzene rings is 1. The van der Waals surface area contributed by atoms with Crippen LogP contribution in [0.2, 0.25) is 0 Å². The summed E-state index contributed by atoms with van der Waals surface area (Å²) < 4.78 is 16.2. The minimum absolute atomic E-state index is 0.186. The van der Waals surface area contributed by atoms with Crippen LogP contribution >= 0.6 is 0 Å². The zero-order chi connectivity index (χ0) is 17.6. The summed E-state index contributed by atoms with van der Waals surface area (Å²) >= 11 is 0. The molecule has 1 atom stereocenters. The summed E-state index contributed by atoms with van der Waals surface area (Å²) in [5, 5.41) is 3.65. The Morgan fingerprint density at radius 1 is 1.36 bits per heavy atom. The van der Waals surface area contributed by atoms with E-state index in [0.29, 0.717) is 18.6 Å². The van der Waals surface area contributed by atoms with E-state index in [-0.39, 0.29) is 6.09 Å². The predicted molar refractivity (Wildman–Crippen MR) is 95.3 cm³/mol. The van der Waals surface area contributed by atoms with Gasteiger partial charge in [0.1, 0.15) is 11.5 Å². The molecule has 6 nitrogen and oxygen atoms in total. The average Bonchev–Trinajstić information content (AvgIpc) is 2.66. The molecule has 0 radical (unpaired) electrons. The standard InChI is InChI=1S/C19H28N2O4/c1-3-24-19(22)21-8-6-16(7-9-21)20-12-14-10-15-4-5-17(23-2)11-18(15)25-13-14/h4-5,11,14,16,20H,3,6-10,12-13H2,1-2H3/t14-/m0/s1. The topological polar surface area (TPSA) is 60.0 Å². The van der Waals surface area contributed by atoms with Gasteiger partial charge in [-0.2, -0.15) is 0 Å². The number of methoxy groups -OCH3 is 1. The maximum Gasteiger partial charge on any atom is 0.409 e. The van der Waals surface area contributed by atoms with Crippen LogP contribution in [0.25, 0.3) is 0 Å². The lowest BCUT2D eigenvalue weighted by Gasteiger charge is -2.33. The largest absolute Gasteiger partial charge is 0.497 e. The number of amides is 1. The van der Waals surface area contributed by atoms with E-state index in [0.717, 1.165) is 57.0 Å². The number of nitrogens with one attached hydrogen (secondary N) is 1. The summed E-state index contributed by atoms with van der Waals surface area (Å²) in [4.78, 5) is 13.5. The molecule has 1 saturated heterocycles. The van der Waals surface area contributed by atoms with Crippen molar-refractivity contribution in [2.75, 3.05) is 40.0 Å². The van der Waals surface area contributed by atoms with Crippen molar-refractivity contribution in [2.24, 2.45) is 5.92 Å². The second kappa shape index (κ2) is 8.43. The van der Waals surface area contributed by atoms with E-state index < -0.39 is 0 Å². The highest BCUT2D eigenvalue weighted by atomic mass is 16.6. The van der Waals surface area contributed by atoms with E-state index in [1.165, 1.54) is 5.56 Å². The summed E-state index contributed by atoms with van der Waals surface area (Å²) in [7, 11) is 1.67. The van der Waals surface area contributed by atoms with E-state index in [2.05, 4.69) is 11.4 Å². The van der Waals surface area contributed by atoms with Crippen molar-refractivity contribution < 1.29 is 19.0 Å². The molecule has 0 aliphatic carbocycles. The molecular weight excluding hydrogens is 320 g/mol. The van der Waals surface area contributed by atoms with E-state index >= 15 is 0 Å². The van der Waals surface area contributed by atoms with Crippen LogP contribution in [0, 0.1) is 5.92 Å². The molecule has 1 aromatic carbocycles. The van der Waals surface area contributed by atoms with Crippen LogP contribution in [0.5, 0.6) is 11.5 Å². The van der Waals surface area contributed by atoms with Gasteiger partial charge in [-0.15, -0.1) is 0 Å². The molecule has 2 heterocycles. The molecule has 1 N–H and O–H groups in total. The first-order valence-electron chi connectivity index (χ1n) is 9.14. The number of carbonyl (C=O) groups is 1. The molecule has 0 saturated carbocycles. The smallest absolute Gasteiger partial charge is 0.409 e.